The number of nitrogens with zero attached hydrogens (tertiary/aromatic N) is 4. The van der Waals surface area contributed by atoms with Crippen LogP contribution in [0.15, 0.2) is 49.1 Å². The number of benzene rings is 1. The SMILES string of the molecule is CCOC(=O)C1CCCN(C(=O)CC2(c3ccccc3)CC(=O)N(CCn3ccnc3)C2=O)C1. The maximum absolute atomic E-state index is 13.7. The molecule has 0 saturated carbocycles. The lowest BCUT2D eigenvalue weighted by Crippen LogP contribution is -2.47. The lowest BCUT2D eigenvalue weighted by atomic mass is 9.75. The average molecular weight is 467 g/mol. The minimum atomic E-state index is -1.25. The van der Waals surface area contributed by atoms with E-state index in [9.17, 15) is 19.2 Å². The van der Waals surface area contributed by atoms with Crippen LogP contribution in [0.1, 0.15) is 38.2 Å². The number of hydrogen-bond acceptors (Lipinski definition) is 6. The van der Waals surface area contributed by atoms with E-state index < -0.39 is 5.41 Å². The van der Waals surface area contributed by atoms with Crippen LogP contribution in [0.2, 0.25) is 0 Å². The van der Waals surface area contributed by atoms with Gasteiger partial charge in [0.2, 0.25) is 17.7 Å². The van der Waals surface area contributed by atoms with E-state index in [1.54, 1.807) is 47.2 Å². The average Bonchev–Trinajstić information content (AvgIpc) is 3.45. The number of hydrogen-bond donors (Lipinski definition) is 0. The van der Waals surface area contributed by atoms with Gasteiger partial charge in [-0.2, -0.15) is 0 Å². The molecule has 1 aromatic heterocycles. The largest absolute Gasteiger partial charge is 0.466 e. The molecule has 2 aliphatic rings. The second kappa shape index (κ2) is 10.2. The summed E-state index contributed by atoms with van der Waals surface area (Å²) in [6.07, 6.45) is 6.25. The third kappa shape index (κ3) is 4.73. The molecule has 9 heteroatoms. The van der Waals surface area contributed by atoms with Crippen molar-refractivity contribution < 1.29 is 23.9 Å². The van der Waals surface area contributed by atoms with Gasteiger partial charge in [0.05, 0.1) is 24.3 Å². The standard InChI is InChI=1S/C25H30N4O5/c1-2-34-23(32)19-7-6-11-28(17-19)21(30)15-25(20-8-4-3-5-9-20)16-22(31)29(24(25)33)14-13-27-12-10-26-18-27/h3-5,8-10,12,18-19H,2,6-7,11,13-17H2,1H3. The second-order valence-corrected chi connectivity index (χ2v) is 8.88. The summed E-state index contributed by atoms with van der Waals surface area (Å²) >= 11 is 0. The number of likely N-dealkylation sites (tertiary alicyclic amines) is 2. The predicted molar refractivity (Wildman–Crippen MR) is 122 cm³/mol. The van der Waals surface area contributed by atoms with Crippen molar-refractivity contribution in [2.45, 2.75) is 44.6 Å². The zero-order valence-corrected chi connectivity index (χ0v) is 19.4. The van der Waals surface area contributed by atoms with Crippen molar-refractivity contribution in [2.24, 2.45) is 5.92 Å². The highest BCUT2D eigenvalue weighted by Gasteiger charge is 2.54. The summed E-state index contributed by atoms with van der Waals surface area (Å²) in [5.74, 6) is -1.52. The fourth-order valence-electron chi connectivity index (χ4n) is 4.91. The van der Waals surface area contributed by atoms with E-state index in [-0.39, 0.29) is 55.5 Å². The van der Waals surface area contributed by atoms with E-state index in [0.717, 1.165) is 0 Å². The highest BCUT2D eigenvalue weighted by atomic mass is 16.5. The number of ether oxygens (including phenoxy) is 1. The molecule has 1 aromatic carbocycles. The smallest absolute Gasteiger partial charge is 0.310 e. The van der Waals surface area contributed by atoms with Crippen molar-refractivity contribution in [3.05, 3.63) is 54.6 Å². The van der Waals surface area contributed by atoms with Crippen molar-refractivity contribution in [2.75, 3.05) is 26.2 Å². The molecule has 180 valence electrons. The van der Waals surface area contributed by atoms with E-state index in [4.69, 9.17) is 4.74 Å². The first-order valence-electron chi connectivity index (χ1n) is 11.7. The summed E-state index contributed by atoms with van der Waals surface area (Å²) in [6.45, 7) is 3.50. The molecule has 0 N–H and O–H groups in total. The van der Waals surface area contributed by atoms with Gasteiger partial charge < -0.3 is 14.2 Å². The number of carbonyl (C=O) groups is 4. The van der Waals surface area contributed by atoms with E-state index in [1.165, 1.54) is 4.90 Å². The Kier molecular flexibility index (Phi) is 7.09. The van der Waals surface area contributed by atoms with Gasteiger partial charge in [0, 0.05) is 51.4 Å². The highest BCUT2D eigenvalue weighted by molar-refractivity contribution is 6.10. The number of amides is 3. The maximum Gasteiger partial charge on any atom is 0.310 e. The van der Waals surface area contributed by atoms with Gasteiger partial charge in [-0.05, 0) is 25.3 Å². The Morgan fingerprint density at radius 1 is 1.18 bits per heavy atom. The first-order chi connectivity index (χ1) is 16.4. The van der Waals surface area contributed by atoms with E-state index in [2.05, 4.69) is 4.98 Å². The summed E-state index contributed by atoms with van der Waals surface area (Å²) in [5.41, 5.74) is -0.591. The Balaban J connectivity index is 1.55. The maximum atomic E-state index is 13.7. The molecule has 2 aliphatic heterocycles. The van der Waals surface area contributed by atoms with Crippen LogP contribution in [0, 0.1) is 5.92 Å². The molecule has 2 saturated heterocycles. The molecule has 0 spiro atoms. The van der Waals surface area contributed by atoms with Gasteiger partial charge in [-0.1, -0.05) is 30.3 Å². The zero-order chi connectivity index (χ0) is 24.1. The van der Waals surface area contributed by atoms with Crippen molar-refractivity contribution in [1.82, 2.24) is 19.4 Å². The molecule has 9 nitrogen and oxygen atoms in total. The quantitative estimate of drug-likeness (QED) is 0.434. The number of carbonyl (C=O) groups excluding carboxylic acids is 4. The molecule has 2 aromatic rings. The molecule has 2 atom stereocenters. The minimum absolute atomic E-state index is 0.0549. The van der Waals surface area contributed by atoms with Gasteiger partial charge in [-0.25, -0.2) is 4.98 Å². The van der Waals surface area contributed by atoms with Gasteiger partial charge in [-0.3, -0.25) is 24.1 Å². The lowest BCUT2D eigenvalue weighted by molar-refractivity contribution is -0.152. The van der Waals surface area contributed by atoms with E-state index >= 15 is 0 Å². The number of imidazole rings is 1. The van der Waals surface area contributed by atoms with Crippen LogP contribution >= 0.6 is 0 Å². The number of esters is 1. The number of piperidine rings is 1. The molecule has 3 heterocycles. The molecular formula is C25H30N4O5. The fourth-order valence-corrected chi connectivity index (χ4v) is 4.91. The summed E-state index contributed by atoms with van der Waals surface area (Å²) in [4.78, 5) is 59.3. The van der Waals surface area contributed by atoms with Crippen LogP contribution in [0.5, 0.6) is 0 Å². The first-order valence-corrected chi connectivity index (χ1v) is 11.7. The molecule has 4 rings (SSSR count). The Bertz CT molecular complexity index is 1040. The predicted octanol–water partition coefficient (Wildman–Crippen LogP) is 1.77. The van der Waals surface area contributed by atoms with Crippen LogP contribution in [0.4, 0.5) is 0 Å². The van der Waals surface area contributed by atoms with Crippen LogP contribution in [-0.2, 0) is 35.9 Å². The monoisotopic (exact) mass is 466 g/mol. The third-order valence-corrected chi connectivity index (χ3v) is 6.72. The molecule has 3 amide bonds. The Morgan fingerprint density at radius 3 is 2.68 bits per heavy atom. The number of rotatable bonds is 8. The molecule has 34 heavy (non-hydrogen) atoms. The minimum Gasteiger partial charge on any atom is -0.466 e. The van der Waals surface area contributed by atoms with Crippen LogP contribution in [0.3, 0.4) is 0 Å². The van der Waals surface area contributed by atoms with Crippen LogP contribution < -0.4 is 0 Å². The van der Waals surface area contributed by atoms with Crippen molar-refractivity contribution >= 4 is 23.7 Å². The molecule has 0 radical (unpaired) electrons. The van der Waals surface area contributed by atoms with E-state index in [1.807, 2.05) is 18.2 Å². The Hall–Kier alpha value is -3.49. The van der Waals surface area contributed by atoms with Gasteiger partial charge in [0.1, 0.15) is 0 Å². The Labute approximate surface area is 198 Å². The molecule has 0 aliphatic carbocycles. The van der Waals surface area contributed by atoms with Crippen LogP contribution in [-0.4, -0.2) is 69.3 Å². The van der Waals surface area contributed by atoms with Crippen molar-refractivity contribution in [3.63, 3.8) is 0 Å². The third-order valence-electron chi connectivity index (χ3n) is 6.72. The zero-order valence-electron chi connectivity index (χ0n) is 19.4. The van der Waals surface area contributed by atoms with Gasteiger partial charge >= 0.3 is 5.97 Å². The van der Waals surface area contributed by atoms with E-state index in [0.29, 0.717) is 38.1 Å². The summed E-state index contributed by atoms with van der Waals surface area (Å²) in [6, 6.07) is 9.06. The van der Waals surface area contributed by atoms with Crippen molar-refractivity contribution in [1.29, 1.82) is 0 Å². The van der Waals surface area contributed by atoms with Gasteiger partial charge in [-0.15, -0.1) is 0 Å². The molecule has 2 fully saturated rings. The molecule has 0 bridgehead atoms. The summed E-state index contributed by atoms with van der Waals surface area (Å²) < 4.78 is 6.95. The van der Waals surface area contributed by atoms with Crippen LogP contribution in [0.25, 0.3) is 0 Å². The Morgan fingerprint density at radius 2 is 1.97 bits per heavy atom. The summed E-state index contributed by atoms with van der Waals surface area (Å²) in [5, 5.41) is 0. The number of aromatic nitrogens is 2. The fraction of sp³-hybridized carbons (Fsp3) is 0.480. The lowest BCUT2D eigenvalue weighted by Gasteiger charge is -2.34. The number of imide groups is 1. The summed E-state index contributed by atoms with van der Waals surface area (Å²) in [7, 11) is 0. The van der Waals surface area contributed by atoms with Crippen molar-refractivity contribution in [3.8, 4) is 0 Å². The normalized spacial score (nSPS) is 22.8. The molecular weight excluding hydrogens is 436 g/mol. The topological polar surface area (TPSA) is 102 Å². The van der Waals surface area contributed by atoms with Gasteiger partial charge in [0.15, 0.2) is 0 Å². The second-order valence-electron chi connectivity index (χ2n) is 8.88. The van der Waals surface area contributed by atoms with Gasteiger partial charge in [0.25, 0.3) is 0 Å². The highest BCUT2D eigenvalue weighted by Crippen LogP contribution is 2.40. The molecule has 2 unspecified atom stereocenters. The first kappa shape index (κ1) is 23.7.